The Labute approximate surface area is 281 Å². The molecule has 2 aliphatic rings. The summed E-state index contributed by atoms with van der Waals surface area (Å²) >= 11 is 13.7. The van der Waals surface area contributed by atoms with E-state index in [0.717, 1.165) is 87.5 Å². The number of amidine groups is 2. The predicted octanol–water partition coefficient (Wildman–Crippen LogP) is 4.84. The minimum atomic E-state index is -3.67. The first-order valence-corrected chi connectivity index (χ1v) is 18.7. The number of nitrogens with zero attached hydrogens (tertiary/aromatic N) is 2. The molecule has 0 amide bonds. The Morgan fingerprint density at radius 3 is 1.47 bits per heavy atom. The lowest BCUT2D eigenvalue weighted by molar-refractivity contribution is 0.488. The van der Waals surface area contributed by atoms with Crippen molar-refractivity contribution in [2.45, 2.75) is 5.92 Å². The van der Waals surface area contributed by atoms with Crippen molar-refractivity contribution < 1.29 is 25.9 Å². The molecule has 0 saturated carbocycles. The Hall–Kier alpha value is -3.92. The van der Waals surface area contributed by atoms with Crippen LogP contribution in [0.3, 0.4) is 0 Å². The van der Waals surface area contributed by atoms with Gasteiger partial charge in [-0.3, -0.25) is 19.1 Å². The third-order valence-corrected chi connectivity index (χ3v) is 7.89. The summed E-state index contributed by atoms with van der Waals surface area (Å²) in [5.41, 5.74) is 7.37. The van der Waals surface area contributed by atoms with E-state index in [1.54, 1.807) is 0 Å². The van der Waals surface area contributed by atoms with Crippen LogP contribution in [-0.4, -0.2) is 86.3 Å². The molecule has 2 aromatic heterocycles. The second-order valence-corrected chi connectivity index (χ2v) is 14.6. The molecule has 6 N–H and O–H groups in total. The molecule has 16 heteroatoms. The number of rotatable bonds is 5. The van der Waals surface area contributed by atoms with Crippen LogP contribution in [0.2, 0.25) is 10.0 Å². The average Bonchev–Trinajstić information content (AvgIpc) is 3.80. The number of hydrogen-bond acceptors (Lipinski definition) is 8. The van der Waals surface area contributed by atoms with E-state index in [1.165, 1.54) is 0 Å². The maximum Gasteiger partial charge on any atom is 0.261 e. The van der Waals surface area contributed by atoms with Gasteiger partial charge in [-0.2, -0.15) is 16.8 Å². The molecule has 2 aliphatic heterocycles. The van der Waals surface area contributed by atoms with E-state index in [1.807, 2.05) is 18.2 Å². The van der Waals surface area contributed by atoms with Gasteiger partial charge in [0, 0.05) is 79.9 Å². The van der Waals surface area contributed by atoms with Crippen molar-refractivity contribution in [2.75, 3.05) is 38.7 Å². The number of aromatic amines is 2. The summed E-state index contributed by atoms with van der Waals surface area (Å²) in [7, 11) is -7.33. The van der Waals surface area contributed by atoms with Crippen molar-refractivity contribution in [3.63, 3.8) is 0 Å². The minimum absolute atomic E-state index is 0.177. The van der Waals surface area contributed by atoms with Crippen LogP contribution in [0.15, 0.2) is 77.0 Å². The molecule has 0 aliphatic carbocycles. The number of aliphatic imine (C=N–C) groups is 2. The highest BCUT2D eigenvalue weighted by Crippen LogP contribution is 2.44. The van der Waals surface area contributed by atoms with E-state index in [0.29, 0.717) is 22.6 Å². The van der Waals surface area contributed by atoms with Crippen LogP contribution >= 0.6 is 23.2 Å². The van der Waals surface area contributed by atoms with Crippen LogP contribution in [0, 0.1) is 0 Å². The second kappa shape index (κ2) is 14.1. The van der Waals surface area contributed by atoms with Gasteiger partial charge in [0.05, 0.1) is 25.6 Å². The zero-order valence-corrected chi connectivity index (χ0v) is 28.4. The zero-order chi connectivity index (χ0) is 33.9. The summed E-state index contributed by atoms with van der Waals surface area (Å²) in [6, 6.07) is 18.6. The molecular formula is C31H32Cl2N6O6S2. The number of benzene rings is 3. The van der Waals surface area contributed by atoms with Crippen LogP contribution in [-0.2, 0) is 20.2 Å². The average molecular weight is 720 g/mol. The van der Waals surface area contributed by atoms with E-state index in [4.69, 9.17) is 32.3 Å². The number of H-pyrrole nitrogens is 2. The summed E-state index contributed by atoms with van der Waals surface area (Å²) in [5.74, 6) is 1.71. The van der Waals surface area contributed by atoms with Gasteiger partial charge < -0.3 is 20.6 Å². The summed E-state index contributed by atoms with van der Waals surface area (Å²) in [4.78, 5) is 16.1. The SMILES string of the molecule is CS(=O)(=O)O.CS(=O)(=O)O.Clc1cccc(Cl)c1C(c1c[nH]c2cc(C3=NCCN3)ccc12)c1c[nH]c2cc(C3=NCCN3)ccc12. The molecule has 0 unspecified atom stereocenters. The van der Waals surface area contributed by atoms with Crippen LogP contribution in [0.25, 0.3) is 21.8 Å². The van der Waals surface area contributed by atoms with Gasteiger partial charge in [0.1, 0.15) is 11.7 Å². The molecule has 3 aromatic carbocycles. The monoisotopic (exact) mass is 718 g/mol. The molecule has 0 radical (unpaired) electrons. The van der Waals surface area contributed by atoms with Crippen molar-refractivity contribution in [2.24, 2.45) is 9.98 Å². The van der Waals surface area contributed by atoms with Crippen molar-refractivity contribution in [1.29, 1.82) is 0 Å². The number of fused-ring (bicyclic) bond motifs is 2. The van der Waals surface area contributed by atoms with Crippen molar-refractivity contribution >= 4 is 76.9 Å². The molecule has 47 heavy (non-hydrogen) atoms. The van der Waals surface area contributed by atoms with Crippen molar-refractivity contribution in [3.05, 3.63) is 105 Å². The molecule has 0 atom stereocenters. The highest BCUT2D eigenvalue weighted by Gasteiger charge is 2.27. The van der Waals surface area contributed by atoms with Gasteiger partial charge in [0.25, 0.3) is 20.2 Å². The Bertz CT molecular complexity index is 2060. The molecule has 248 valence electrons. The van der Waals surface area contributed by atoms with Crippen LogP contribution in [0.5, 0.6) is 0 Å². The van der Waals surface area contributed by atoms with Gasteiger partial charge in [-0.25, -0.2) is 0 Å². The van der Waals surface area contributed by atoms with Gasteiger partial charge in [-0.15, -0.1) is 0 Å². The molecule has 4 heterocycles. The number of halogens is 2. The first-order valence-electron chi connectivity index (χ1n) is 14.3. The molecule has 0 fully saturated rings. The molecular weight excluding hydrogens is 687 g/mol. The van der Waals surface area contributed by atoms with E-state index >= 15 is 0 Å². The quantitative estimate of drug-likeness (QED) is 0.139. The third-order valence-electron chi connectivity index (χ3n) is 7.23. The number of nitrogens with one attached hydrogen (secondary N) is 4. The smallest absolute Gasteiger partial charge is 0.261 e. The van der Waals surface area contributed by atoms with E-state index in [9.17, 15) is 16.8 Å². The van der Waals surface area contributed by atoms with E-state index in [-0.39, 0.29) is 5.92 Å². The number of aromatic nitrogens is 2. The van der Waals surface area contributed by atoms with Crippen LogP contribution < -0.4 is 10.6 Å². The summed E-state index contributed by atoms with van der Waals surface area (Å²) in [6.07, 6.45) is 5.58. The first kappa shape index (κ1) is 34.4. The summed E-state index contributed by atoms with van der Waals surface area (Å²) in [6.45, 7) is 3.37. The maximum atomic E-state index is 9.19. The standard InChI is InChI=1S/C29H24Cl2N6.2CH4O3S/c30-22-2-1-3-23(31)27(22)26(20-14-36-24-12-16(4-6-18(20)24)28-32-8-9-33-28)21-15-37-25-13-17(5-7-19(21)25)29-34-10-11-35-29;2*1-5(2,3)4/h1-7,12-15,26,36-37H,8-11H2,(H,32,33)(H,34,35);2*1H3,(H,2,3,4). The Balaban J connectivity index is 0.000000382. The fourth-order valence-electron chi connectivity index (χ4n) is 5.52. The van der Waals surface area contributed by atoms with Gasteiger partial charge in [-0.05, 0) is 35.4 Å². The van der Waals surface area contributed by atoms with Crippen LogP contribution in [0.4, 0.5) is 0 Å². The highest BCUT2D eigenvalue weighted by molar-refractivity contribution is 7.85. The topological polar surface area (TPSA) is 189 Å². The lowest BCUT2D eigenvalue weighted by Gasteiger charge is -2.20. The Morgan fingerprint density at radius 1 is 0.702 bits per heavy atom. The molecule has 7 rings (SSSR count). The predicted molar refractivity (Wildman–Crippen MR) is 188 cm³/mol. The third kappa shape index (κ3) is 8.71. The second-order valence-electron chi connectivity index (χ2n) is 10.9. The summed E-state index contributed by atoms with van der Waals surface area (Å²) in [5, 5.41) is 10.3. The fourth-order valence-corrected chi connectivity index (χ4v) is 6.13. The van der Waals surface area contributed by atoms with Gasteiger partial charge >= 0.3 is 0 Å². The maximum absolute atomic E-state index is 9.19. The lowest BCUT2D eigenvalue weighted by atomic mass is 9.84. The molecule has 12 nitrogen and oxygen atoms in total. The molecule has 0 bridgehead atoms. The largest absolute Gasteiger partial charge is 0.368 e. The molecule has 5 aromatic rings. The Morgan fingerprint density at radius 2 is 1.11 bits per heavy atom. The first-order chi connectivity index (χ1) is 22.2. The van der Waals surface area contributed by atoms with Crippen LogP contribution in [0.1, 0.15) is 33.7 Å². The lowest BCUT2D eigenvalue weighted by Crippen LogP contribution is -2.19. The normalized spacial score (nSPS) is 14.5. The summed E-state index contributed by atoms with van der Waals surface area (Å²) < 4.78 is 51.7. The molecule has 0 spiro atoms. The van der Waals surface area contributed by atoms with E-state index < -0.39 is 20.2 Å². The number of hydrogen-bond donors (Lipinski definition) is 6. The zero-order valence-electron chi connectivity index (χ0n) is 25.3. The van der Waals surface area contributed by atoms with Gasteiger partial charge in [0.2, 0.25) is 0 Å². The fraction of sp³-hybridized carbons (Fsp3) is 0.226. The van der Waals surface area contributed by atoms with E-state index in [2.05, 4.69) is 79.4 Å². The van der Waals surface area contributed by atoms with Gasteiger partial charge in [0.15, 0.2) is 0 Å². The van der Waals surface area contributed by atoms with Gasteiger partial charge in [-0.1, -0.05) is 53.5 Å². The minimum Gasteiger partial charge on any atom is -0.368 e. The Kier molecular flexibility index (Phi) is 10.3. The molecule has 0 saturated heterocycles. The van der Waals surface area contributed by atoms with Crippen molar-refractivity contribution in [3.8, 4) is 0 Å². The van der Waals surface area contributed by atoms with Crippen molar-refractivity contribution in [1.82, 2.24) is 20.6 Å². The highest BCUT2D eigenvalue weighted by atomic mass is 35.5.